The molecule has 0 aromatic heterocycles. The monoisotopic (exact) mass is 196 g/mol. The van der Waals surface area contributed by atoms with Gasteiger partial charge in [0.2, 0.25) is 0 Å². The van der Waals surface area contributed by atoms with Crippen molar-refractivity contribution in [2.24, 2.45) is 5.92 Å². The van der Waals surface area contributed by atoms with Crippen LogP contribution in [-0.2, 0) is 0 Å². The van der Waals surface area contributed by atoms with Gasteiger partial charge in [-0.05, 0) is 25.7 Å². The van der Waals surface area contributed by atoms with Crippen LogP contribution in [0.3, 0.4) is 0 Å². The smallest absolute Gasteiger partial charge is 0.0486 e. The van der Waals surface area contributed by atoms with Crippen molar-refractivity contribution in [2.45, 2.75) is 58.0 Å². The Morgan fingerprint density at radius 2 is 1.79 bits per heavy atom. The van der Waals surface area contributed by atoms with Crippen molar-refractivity contribution in [3.63, 3.8) is 0 Å². The van der Waals surface area contributed by atoms with Crippen molar-refractivity contribution in [1.82, 2.24) is 10.2 Å². The molecule has 1 aliphatic carbocycles. The van der Waals surface area contributed by atoms with E-state index in [2.05, 4.69) is 24.1 Å². The van der Waals surface area contributed by atoms with E-state index in [1.807, 2.05) is 0 Å². The van der Waals surface area contributed by atoms with Crippen LogP contribution in [0.25, 0.3) is 0 Å². The van der Waals surface area contributed by atoms with E-state index in [0.29, 0.717) is 0 Å². The molecular weight excluding hydrogens is 172 g/mol. The van der Waals surface area contributed by atoms with Crippen LogP contribution in [0, 0.1) is 5.92 Å². The Kier molecular flexibility index (Phi) is 3.45. The van der Waals surface area contributed by atoms with Gasteiger partial charge in [-0.3, -0.25) is 4.90 Å². The fourth-order valence-electron chi connectivity index (χ4n) is 2.94. The molecule has 82 valence electrons. The Morgan fingerprint density at radius 1 is 1.07 bits per heavy atom. The molecule has 0 spiro atoms. The molecule has 0 radical (unpaired) electrons. The molecule has 2 nitrogen and oxygen atoms in total. The highest BCUT2D eigenvalue weighted by molar-refractivity contribution is 4.85. The molecule has 2 rings (SSSR count). The van der Waals surface area contributed by atoms with Gasteiger partial charge in [-0.25, -0.2) is 0 Å². The molecule has 0 amide bonds. The summed E-state index contributed by atoms with van der Waals surface area (Å²) < 4.78 is 0. The van der Waals surface area contributed by atoms with Gasteiger partial charge in [-0.1, -0.05) is 26.2 Å². The van der Waals surface area contributed by atoms with E-state index in [-0.39, 0.29) is 0 Å². The summed E-state index contributed by atoms with van der Waals surface area (Å²) in [6.45, 7) is 7.09. The van der Waals surface area contributed by atoms with E-state index < -0.39 is 0 Å². The molecular formula is C12H24N2. The zero-order chi connectivity index (χ0) is 9.97. The zero-order valence-electron chi connectivity index (χ0n) is 9.63. The summed E-state index contributed by atoms with van der Waals surface area (Å²) in [6, 6.07) is 1.65. The van der Waals surface area contributed by atoms with Gasteiger partial charge in [0.25, 0.3) is 0 Å². The predicted molar refractivity (Wildman–Crippen MR) is 60.2 cm³/mol. The molecule has 2 aliphatic rings. The molecule has 0 aromatic carbocycles. The fourth-order valence-corrected chi connectivity index (χ4v) is 2.94. The highest BCUT2D eigenvalue weighted by Crippen LogP contribution is 2.26. The first-order chi connectivity index (χ1) is 6.79. The number of rotatable bonds is 1. The lowest BCUT2D eigenvalue weighted by Crippen LogP contribution is -2.56. The SMILES string of the molecule is C[C@@H]1CNCN(C2CCCCC2)[C@@H]1C. The molecule has 1 saturated carbocycles. The Labute approximate surface area is 88.1 Å². The van der Waals surface area contributed by atoms with Crippen molar-refractivity contribution in [1.29, 1.82) is 0 Å². The van der Waals surface area contributed by atoms with E-state index in [9.17, 15) is 0 Å². The maximum Gasteiger partial charge on any atom is 0.0486 e. The van der Waals surface area contributed by atoms with Gasteiger partial charge in [-0.15, -0.1) is 0 Å². The van der Waals surface area contributed by atoms with Crippen molar-refractivity contribution in [3.05, 3.63) is 0 Å². The van der Waals surface area contributed by atoms with Gasteiger partial charge in [0.05, 0.1) is 0 Å². The quantitative estimate of drug-likeness (QED) is 0.691. The summed E-state index contributed by atoms with van der Waals surface area (Å²) in [4.78, 5) is 2.70. The molecule has 1 saturated heterocycles. The lowest BCUT2D eigenvalue weighted by Gasteiger charge is -2.44. The predicted octanol–water partition coefficient (Wildman–Crippen LogP) is 2.21. The van der Waals surface area contributed by atoms with Crippen LogP contribution in [0.2, 0.25) is 0 Å². The second-order valence-electron chi connectivity index (χ2n) is 5.14. The molecule has 0 aromatic rings. The summed E-state index contributed by atoms with van der Waals surface area (Å²) in [6.07, 6.45) is 7.21. The third-order valence-electron chi connectivity index (χ3n) is 4.15. The standard InChI is InChI=1S/C12H24N2/c1-10-8-13-9-14(11(10)2)12-6-4-3-5-7-12/h10-13H,3-9H2,1-2H3/t10-,11-/m1/s1. The highest BCUT2D eigenvalue weighted by atomic mass is 15.3. The summed E-state index contributed by atoms with van der Waals surface area (Å²) in [5.74, 6) is 0.811. The van der Waals surface area contributed by atoms with E-state index in [1.54, 1.807) is 0 Å². The second-order valence-corrected chi connectivity index (χ2v) is 5.14. The number of hydrogen-bond acceptors (Lipinski definition) is 2. The lowest BCUT2D eigenvalue weighted by molar-refractivity contribution is 0.0452. The summed E-state index contributed by atoms with van der Waals surface area (Å²) in [7, 11) is 0. The third kappa shape index (κ3) is 2.12. The number of nitrogens with zero attached hydrogens (tertiary/aromatic N) is 1. The Bertz CT molecular complexity index is 175. The minimum atomic E-state index is 0.777. The van der Waals surface area contributed by atoms with Crippen LogP contribution in [0.4, 0.5) is 0 Å². The molecule has 0 bridgehead atoms. The average Bonchev–Trinajstić information content (AvgIpc) is 2.23. The molecule has 2 atom stereocenters. The summed E-state index contributed by atoms with van der Waals surface area (Å²) >= 11 is 0. The molecule has 0 unspecified atom stereocenters. The molecule has 2 fully saturated rings. The maximum absolute atomic E-state index is 3.54. The number of hydrogen-bond donors (Lipinski definition) is 1. The first-order valence-corrected chi connectivity index (χ1v) is 6.25. The van der Waals surface area contributed by atoms with Crippen molar-refractivity contribution in [2.75, 3.05) is 13.2 Å². The molecule has 2 heteroatoms. The summed E-state index contributed by atoms with van der Waals surface area (Å²) in [5, 5.41) is 3.54. The van der Waals surface area contributed by atoms with Crippen molar-refractivity contribution in [3.8, 4) is 0 Å². The summed E-state index contributed by atoms with van der Waals surface area (Å²) in [5.41, 5.74) is 0. The Balaban J connectivity index is 1.93. The van der Waals surface area contributed by atoms with E-state index in [1.165, 1.54) is 38.6 Å². The van der Waals surface area contributed by atoms with Crippen LogP contribution in [-0.4, -0.2) is 30.2 Å². The van der Waals surface area contributed by atoms with Crippen molar-refractivity contribution < 1.29 is 0 Å². The minimum absolute atomic E-state index is 0.777. The van der Waals surface area contributed by atoms with Crippen LogP contribution in [0.1, 0.15) is 46.0 Å². The maximum atomic E-state index is 3.54. The topological polar surface area (TPSA) is 15.3 Å². The fraction of sp³-hybridized carbons (Fsp3) is 1.00. The largest absolute Gasteiger partial charge is 0.304 e. The molecule has 14 heavy (non-hydrogen) atoms. The van der Waals surface area contributed by atoms with E-state index >= 15 is 0 Å². The van der Waals surface area contributed by atoms with Gasteiger partial charge >= 0.3 is 0 Å². The first-order valence-electron chi connectivity index (χ1n) is 6.25. The second kappa shape index (κ2) is 4.63. The van der Waals surface area contributed by atoms with Gasteiger partial charge < -0.3 is 5.32 Å². The average molecular weight is 196 g/mol. The van der Waals surface area contributed by atoms with Crippen LogP contribution >= 0.6 is 0 Å². The van der Waals surface area contributed by atoms with E-state index in [4.69, 9.17) is 0 Å². The van der Waals surface area contributed by atoms with Crippen LogP contribution in [0.15, 0.2) is 0 Å². The normalized spacial score (nSPS) is 37.3. The van der Waals surface area contributed by atoms with Crippen LogP contribution < -0.4 is 5.32 Å². The van der Waals surface area contributed by atoms with E-state index in [0.717, 1.165) is 24.7 Å². The number of nitrogens with one attached hydrogen (secondary N) is 1. The Morgan fingerprint density at radius 3 is 2.50 bits per heavy atom. The van der Waals surface area contributed by atoms with Gasteiger partial charge in [0.1, 0.15) is 0 Å². The first kappa shape index (κ1) is 10.4. The minimum Gasteiger partial charge on any atom is -0.304 e. The third-order valence-corrected chi connectivity index (χ3v) is 4.15. The lowest BCUT2D eigenvalue weighted by atomic mass is 9.90. The molecule has 1 N–H and O–H groups in total. The molecule has 1 heterocycles. The zero-order valence-corrected chi connectivity index (χ0v) is 9.63. The van der Waals surface area contributed by atoms with Gasteiger partial charge in [0.15, 0.2) is 0 Å². The van der Waals surface area contributed by atoms with Gasteiger partial charge in [0, 0.05) is 25.3 Å². The molecule has 1 aliphatic heterocycles. The highest BCUT2D eigenvalue weighted by Gasteiger charge is 2.30. The van der Waals surface area contributed by atoms with Crippen molar-refractivity contribution >= 4 is 0 Å². The van der Waals surface area contributed by atoms with Gasteiger partial charge in [-0.2, -0.15) is 0 Å². The van der Waals surface area contributed by atoms with Crippen LogP contribution in [0.5, 0.6) is 0 Å². The Hall–Kier alpha value is -0.0800.